The molecule has 0 N–H and O–H groups in total. The van der Waals surface area contributed by atoms with Gasteiger partial charge in [0.15, 0.2) is 0 Å². The van der Waals surface area contributed by atoms with Gasteiger partial charge in [-0.25, -0.2) is 0 Å². The van der Waals surface area contributed by atoms with E-state index in [0.717, 1.165) is 5.75 Å². The van der Waals surface area contributed by atoms with Crippen LogP contribution in [-0.4, -0.2) is 19.1 Å². The number of rotatable bonds is 5. The van der Waals surface area contributed by atoms with Crippen molar-refractivity contribution in [2.45, 2.75) is 12.8 Å². The average Bonchev–Trinajstić information content (AvgIpc) is 2.19. The number of benzene rings is 1. The van der Waals surface area contributed by atoms with Crippen molar-refractivity contribution < 1.29 is 4.74 Å². The molecule has 0 atom stereocenters. The van der Waals surface area contributed by atoms with Gasteiger partial charge in [0.25, 0.3) is 0 Å². The Balaban J connectivity index is 2.40. The van der Waals surface area contributed by atoms with Crippen LogP contribution in [0, 0.1) is 0 Å². The monoisotopic (exact) mass is 196 g/mol. The summed E-state index contributed by atoms with van der Waals surface area (Å²) in [7, 11) is 1.70. The van der Waals surface area contributed by atoms with Crippen LogP contribution in [0.15, 0.2) is 24.3 Å². The molecule has 0 aromatic heterocycles. The van der Waals surface area contributed by atoms with Crippen LogP contribution >= 0.6 is 11.8 Å². The van der Waals surface area contributed by atoms with Gasteiger partial charge in [0, 0.05) is 0 Å². The maximum atomic E-state index is 5.09. The lowest BCUT2D eigenvalue weighted by molar-refractivity contribution is 0.414. The van der Waals surface area contributed by atoms with Crippen molar-refractivity contribution in [3.63, 3.8) is 0 Å². The van der Waals surface area contributed by atoms with Crippen LogP contribution < -0.4 is 4.74 Å². The first-order chi connectivity index (χ1) is 6.36. The number of hydrogen-bond acceptors (Lipinski definition) is 2. The second-order valence-corrected chi connectivity index (χ2v) is 3.93. The summed E-state index contributed by atoms with van der Waals surface area (Å²) in [5, 5.41) is 0. The topological polar surface area (TPSA) is 9.23 Å². The van der Waals surface area contributed by atoms with Gasteiger partial charge in [-0.3, -0.25) is 0 Å². The van der Waals surface area contributed by atoms with Crippen molar-refractivity contribution in [3.05, 3.63) is 29.8 Å². The molecule has 0 aliphatic rings. The van der Waals surface area contributed by atoms with E-state index < -0.39 is 0 Å². The zero-order valence-electron chi connectivity index (χ0n) is 8.25. The molecule has 1 aromatic carbocycles. The highest BCUT2D eigenvalue weighted by atomic mass is 32.2. The predicted molar refractivity (Wildman–Crippen MR) is 59.7 cm³/mol. The van der Waals surface area contributed by atoms with E-state index in [9.17, 15) is 0 Å². The van der Waals surface area contributed by atoms with E-state index in [1.807, 2.05) is 23.9 Å². The SMILES string of the molecule is COc1ccc(CCCSC)cc1. The summed E-state index contributed by atoms with van der Waals surface area (Å²) >= 11 is 1.90. The van der Waals surface area contributed by atoms with Crippen LogP contribution in [-0.2, 0) is 6.42 Å². The van der Waals surface area contributed by atoms with Crippen molar-refractivity contribution in [2.75, 3.05) is 19.1 Å². The Morgan fingerprint density at radius 3 is 2.46 bits per heavy atom. The molecule has 0 radical (unpaired) electrons. The van der Waals surface area contributed by atoms with Gasteiger partial charge in [-0.05, 0) is 42.5 Å². The Morgan fingerprint density at radius 1 is 1.23 bits per heavy atom. The second-order valence-electron chi connectivity index (χ2n) is 2.94. The summed E-state index contributed by atoms with van der Waals surface area (Å²) < 4.78 is 5.09. The van der Waals surface area contributed by atoms with E-state index in [1.54, 1.807) is 7.11 Å². The lowest BCUT2D eigenvalue weighted by Gasteiger charge is -2.02. The molecule has 0 saturated heterocycles. The third-order valence-electron chi connectivity index (χ3n) is 1.97. The highest BCUT2D eigenvalue weighted by molar-refractivity contribution is 7.98. The maximum Gasteiger partial charge on any atom is 0.118 e. The normalized spacial score (nSPS) is 10.0. The van der Waals surface area contributed by atoms with E-state index >= 15 is 0 Å². The molecule has 13 heavy (non-hydrogen) atoms. The van der Waals surface area contributed by atoms with E-state index in [2.05, 4.69) is 18.4 Å². The Labute approximate surface area is 84.5 Å². The van der Waals surface area contributed by atoms with Crippen molar-refractivity contribution in [1.29, 1.82) is 0 Å². The molecule has 0 amide bonds. The lowest BCUT2D eigenvalue weighted by Crippen LogP contribution is -1.88. The summed E-state index contributed by atoms with van der Waals surface area (Å²) in [6.07, 6.45) is 4.58. The first-order valence-electron chi connectivity index (χ1n) is 4.48. The molecule has 0 aliphatic heterocycles. The molecule has 2 heteroatoms. The minimum Gasteiger partial charge on any atom is -0.497 e. The third-order valence-corrected chi connectivity index (χ3v) is 2.67. The molecule has 0 unspecified atom stereocenters. The first kappa shape index (κ1) is 10.5. The lowest BCUT2D eigenvalue weighted by atomic mass is 10.1. The molecule has 0 heterocycles. The molecule has 1 rings (SSSR count). The number of methoxy groups -OCH3 is 1. The first-order valence-corrected chi connectivity index (χ1v) is 5.88. The van der Waals surface area contributed by atoms with Gasteiger partial charge >= 0.3 is 0 Å². The van der Waals surface area contributed by atoms with Crippen molar-refractivity contribution >= 4 is 11.8 Å². The fourth-order valence-electron chi connectivity index (χ4n) is 1.21. The fourth-order valence-corrected chi connectivity index (χ4v) is 1.65. The quantitative estimate of drug-likeness (QED) is 0.670. The van der Waals surface area contributed by atoms with Gasteiger partial charge in [-0.1, -0.05) is 12.1 Å². The minimum absolute atomic E-state index is 0.939. The predicted octanol–water partition coefficient (Wildman–Crippen LogP) is 2.99. The van der Waals surface area contributed by atoms with Gasteiger partial charge in [0.05, 0.1) is 7.11 Å². The fraction of sp³-hybridized carbons (Fsp3) is 0.455. The summed E-state index contributed by atoms with van der Waals surface area (Å²) in [5.74, 6) is 2.18. The molecule has 0 fully saturated rings. The van der Waals surface area contributed by atoms with Crippen molar-refractivity contribution in [3.8, 4) is 5.75 Å². The Bertz CT molecular complexity index is 230. The van der Waals surface area contributed by atoms with Crippen LogP contribution in [0.1, 0.15) is 12.0 Å². The van der Waals surface area contributed by atoms with Crippen molar-refractivity contribution in [1.82, 2.24) is 0 Å². The van der Waals surface area contributed by atoms with Gasteiger partial charge in [-0.2, -0.15) is 11.8 Å². The van der Waals surface area contributed by atoms with E-state index in [-0.39, 0.29) is 0 Å². The zero-order chi connectivity index (χ0) is 9.52. The van der Waals surface area contributed by atoms with Crippen LogP contribution in [0.25, 0.3) is 0 Å². The molecule has 0 aliphatic carbocycles. The van der Waals surface area contributed by atoms with E-state index in [4.69, 9.17) is 4.74 Å². The van der Waals surface area contributed by atoms with Crippen LogP contribution in [0.4, 0.5) is 0 Å². The Morgan fingerprint density at radius 2 is 1.92 bits per heavy atom. The molecule has 0 saturated carbocycles. The highest BCUT2D eigenvalue weighted by Crippen LogP contribution is 2.13. The van der Waals surface area contributed by atoms with Gasteiger partial charge in [-0.15, -0.1) is 0 Å². The van der Waals surface area contributed by atoms with Crippen LogP contribution in [0.5, 0.6) is 5.75 Å². The smallest absolute Gasteiger partial charge is 0.118 e. The summed E-state index contributed by atoms with van der Waals surface area (Å²) in [6.45, 7) is 0. The highest BCUT2D eigenvalue weighted by Gasteiger charge is 1.93. The van der Waals surface area contributed by atoms with Gasteiger partial charge in [0.1, 0.15) is 5.75 Å². The van der Waals surface area contributed by atoms with Crippen molar-refractivity contribution in [2.24, 2.45) is 0 Å². The van der Waals surface area contributed by atoms with Gasteiger partial charge < -0.3 is 4.74 Å². The zero-order valence-corrected chi connectivity index (χ0v) is 9.06. The standard InChI is InChI=1S/C11H16OS/c1-12-11-7-5-10(6-8-11)4-3-9-13-2/h5-8H,3-4,9H2,1-2H3. The molecule has 0 bridgehead atoms. The summed E-state index contributed by atoms with van der Waals surface area (Å²) in [4.78, 5) is 0. The largest absolute Gasteiger partial charge is 0.497 e. The number of hydrogen-bond donors (Lipinski definition) is 0. The average molecular weight is 196 g/mol. The second kappa shape index (κ2) is 5.92. The number of aryl methyl sites for hydroxylation is 1. The maximum absolute atomic E-state index is 5.09. The molecular formula is C11H16OS. The number of thioether (sulfide) groups is 1. The summed E-state index contributed by atoms with van der Waals surface area (Å²) in [6, 6.07) is 8.32. The van der Waals surface area contributed by atoms with E-state index in [1.165, 1.54) is 24.2 Å². The molecule has 72 valence electrons. The van der Waals surface area contributed by atoms with E-state index in [0.29, 0.717) is 0 Å². The minimum atomic E-state index is 0.939. The summed E-state index contributed by atoms with van der Waals surface area (Å²) in [5.41, 5.74) is 1.40. The molecule has 1 aromatic rings. The number of ether oxygens (including phenoxy) is 1. The Kier molecular flexibility index (Phi) is 4.76. The molecule has 1 nitrogen and oxygen atoms in total. The molecule has 0 spiro atoms. The Hall–Kier alpha value is -0.630. The third kappa shape index (κ3) is 3.73. The van der Waals surface area contributed by atoms with Gasteiger partial charge in [0.2, 0.25) is 0 Å². The van der Waals surface area contributed by atoms with Crippen LogP contribution in [0.3, 0.4) is 0 Å². The molecular weight excluding hydrogens is 180 g/mol. The van der Waals surface area contributed by atoms with Crippen LogP contribution in [0.2, 0.25) is 0 Å².